The predicted molar refractivity (Wildman–Crippen MR) is 122 cm³/mol. The van der Waals surface area contributed by atoms with E-state index in [-0.39, 0.29) is 6.04 Å². The van der Waals surface area contributed by atoms with Gasteiger partial charge in [-0.2, -0.15) is 9.40 Å². The number of benzene rings is 2. The zero-order valence-corrected chi connectivity index (χ0v) is 18.3. The molecule has 1 fully saturated rings. The summed E-state index contributed by atoms with van der Waals surface area (Å²) in [7, 11) is -3.44. The molecule has 2 unspecified atom stereocenters. The summed E-state index contributed by atoms with van der Waals surface area (Å²) in [4.78, 5) is 0.380. The number of rotatable bonds is 5. The highest BCUT2D eigenvalue weighted by atomic mass is 32.2. The van der Waals surface area contributed by atoms with E-state index >= 15 is 0 Å². The number of nitrogens with one attached hydrogen (secondary N) is 1. The van der Waals surface area contributed by atoms with E-state index in [1.54, 1.807) is 28.6 Å². The summed E-state index contributed by atoms with van der Waals surface area (Å²) < 4.78 is 30.0. The molecule has 0 aliphatic carbocycles. The first kappa shape index (κ1) is 20.0. The molecule has 5 rings (SSSR count). The lowest BCUT2D eigenvalue weighted by Crippen LogP contribution is -2.45. The smallest absolute Gasteiger partial charge is 0.243 e. The van der Waals surface area contributed by atoms with Gasteiger partial charge in [0, 0.05) is 48.0 Å². The Morgan fingerprint density at radius 1 is 1.10 bits per heavy atom. The van der Waals surface area contributed by atoms with Crippen LogP contribution in [0.25, 0.3) is 22.0 Å². The highest BCUT2D eigenvalue weighted by molar-refractivity contribution is 7.89. The van der Waals surface area contributed by atoms with E-state index in [0.717, 1.165) is 30.5 Å². The maximum atomic E-state index is 13.0. The van der Waals surface area contributed by atoms with Crippen molar-refractivity contribution in [3.63, 3.8) is 0 Å². The fourth-order valence-corrected chi connectivity index (χ4v) is 6.40. The molecule has 1 N–H and O–H groups in total. The molecule has 2 aromatic carbocycles. The summed E-state index contributed by atoms with van der Waals surface area (Å²) in [5, 5.41) is 8.10. The standard InChI is InChI=1S/C24H26N4O2S/c1-18-13-19(9-12-28(18)31(29,30)23-5-3-2-4-6-23)17-27-11-10-21-14-20(7-8-24(21)27)22-15-25-26-16-22/h2-8,10-11,14-16,18-19H,9,12-13,17H2,1H3,(H,25,26). The minimum Gasteiger partial charge on any atom is -0.347 e. The molecule has 2 aromatic heterocycles. The van der Waals surface area contributed by atoms with Crippen LogP contribution in [-0.2, 0) is 16.6 Å². The lowest BCUT2D eigenvalue weighted by atomic mass is 9.93. The number of hydrogen-bond acceptors (Lipinski definition) is 3. The molecule has 2 atom stereocenters. The van der Waals surface area contributed by atoms with Gasteiger partial charge < -0.3 is 4.57 Å². The Hall–Kier alpha value is -2.90. The molecule has 0 saturated carbocycles. The Kier molecular flexibility index (Phi) is 5.16. The van der Waals surface area contributed by atoms with Crippen molar-refractivity contribution in [1.29, 1.82) is 0 Å². The van der Waals surface area contributed by atoms with Gasteiger partial charge in [-0.1, -0.05) is 24.3 Å². The second-order valence-electron chi connectivity index (χ2n) is 8.40. The first-order chi connectivity index (χ1) is 15.0. The summed E-state index contributed by atoms with van der Waals surface area (Å²) in [5.41, 5.74) is 3.43. The van der Waals surface area contributed by atoms with E-state index in [2.05, 4.69) is 45.2 Å². The van der Waals surface area contributed by atoms with Crippen LogP contribution in [0.4, 0.5) is 0 Å². The monoisotopic (exact) mass is 434 g/mol. The maximum absolute atomic E-state index is 13.0. The van der Waals surface area contributed by atoms with Crippen molar-refractivity contribution < 1.29 is 8.42 Å². The van der Waals surface area contributed by atoms with Crippen LogP contribution in [0.15, 0.2) is 78.1 Å². The number of sulfonamides is 1. The number of H-pyrrole nitrogens is 1. The highest BCUT2D eigenvalue weighted by Crippen LogP contribution is 2.31. The van der Waals surface area contributed by atoms with Gasteiger partial charge in [-0.3, -0.25) is 5.10 Å². The van der Waals surface area contributed by atoms with Crippen LogP contribution in [0.3, 0.4) is 0 Å². The van der Waals surface area contributed by atoms with Crippen LogP contribution in [0, 0.1) is 5.92 Å². The van der Waals surface area contributed by atoms with E-state index < -0.39 is 10.0 Å². The Morgan fingerprint density at radius 3 is 2.68 bits per heavy atom. The van der Waals surface area contributed by atoms with Gasteiger partial charge in [0.15, 0.2) is 0 Å². The fraction of sp³-hybridized carbons (Fsp3) is 0.292. The molecule has 0 radical (unpaired) electrons. The quantitative estimate of drug-likeness (QED) is 0.502. The summed E-state index contributed by atoms with van der Waals surface area (Å²) in [6.45, 7) is 3.49. The van der Waals surface area contributed by atoms with E-state index in [1.165, 1.54) is 10.9 Å². The Labute approximate surface area is 182 Å². The van der Waals surface area contributed by atoms with E-state index in [0.29, 0.717) is 17.4 Å². The Balaban J connectivity index is 1.31. The van der Waals surface area contributed by atoms with Gasteiger partial charge in [0.2, 0.25) is 10.0 Å². The number of aromatic amines is 1. The second-order valence-corrected chi connectivity index (χ2v) is 10.3. The normalized spacial score (nSPS) is 20.3. The minimum absolute atomic E-state index is 0.0153. The van der Waals surface area contributed by atoms with Gasteiger partial charge in [-0.25, -0.2) is 8.42 Å². The van der Waals surface area contributed by atoms with Gasteiger partial charge in [-0.05, 0) is 61.6 Å². The topological polar surface area (TPSA) is 71.0 Å². The van der Waals surface area contributed by atoms with Gasteiger partial charge in [0.25, 0.3) is 0 Å². The maximum Gasteiger partial charge on any atom is 0.243 e. The van der Waals surface area contributed by atoms with Crippen LogP contribution < -0.4 is 0 Å². The molecule has 4 aromatic rings. The highest BCUT2D eigenvalue weighted by Gasteiger charge is 2.34. The minimum atomic E-state index is -3.44. The zero-order chi connectivity index (χ0) is 21.4. The molecule has 1 saturated heterocycles. The van der Waals surface area contributed by atoms with Crippen LogP contribution in [0.2, 0.25) is 0 Å². The molecule has 1 aliphatic heterocycles. The van der Waals surface area contributed by atoms with Crippen molar-refractivity contribution in [2.45, 2.75) is 37.2 Å². The van der Waals surface area contributed by atoms with Crippen molar-refractivity contribution in [3.8, 4) is 11.1 Å². The molecule has 3 heterocycles. The van der Waals surface area contributed by atoms with Crippen molar-refractivity contribution in [2.75, 3.05) is 6.54 Å². The number of aromatic nitrogens is 3. The Morgan fingerprint density at radius 2 is 1.94 bits per heavy atom. The second kappa shape index (κ2) is 7.98. The number of hydrogen-bond donors (Lipinski definition) is 1. The molecule has 6 nitrogen and oxygen atoms in total. The molecule has 0 amide bonds. The molecular formula is C24H26N4O2S. The Bertz CT molecular complexity index is 1280. The lowest BCUT2D eigenvalue weighted by Gasteiger charge is -2.37. The summed E-state index contributed by atoms with van der Waals surface area (Å²) >= 11 is 0. The lowest BCUT2D eigenvalue weighted by molar-refractivity contribution is 0.196. The van der Waals surface area contributed by atoms with E-state index in [4.69, 9.17) is 0 Å². The van der Waals surface area contributed by atoms with Crippen LogP contribution in [0.5, 0.6) is 0 Å². The molecule has 0 bridgehead atoms. The molecule has 31 heavy (non-hydrogen) atoms. The molecule has 160 valence electrons. The summed E-state index contributed by atoms with van der Waals surface area (Å²) in [6, 6.07) is 17.4. The van der Waals surface area contributed by atoms with Gasteiger partial charge in [0.05, 0.1) is 11.1 Å². The first-order valence-corrected chi connectivity index (χ1v) is 12.1. The average molecular weight is 435 g/mol. The van der Waals surface area contributed by atoms with Crippen molar-refractivity contribution in [3.05, 3.63) is 73.2 Å². The van der Waals surface area contributed by atoms with Gasteiger partial charge >= 0.3 is 0 Å². The molecule has 0 spiro atoms. The molecular weight excluding hydrogens is 408 g/mol. The average Bonchev–Trinajstić information content (AvgIpc) is 3.44. The SMILES string of the molecule is CC1CC(Cn2ccc3cc(-c4cn[nH]c4)ccc32)CCN1S(=O)(=O)c1ccccc1. The first-order valence-electron chi connectivity index (χ1n) is 10.7. The van der Waals surface area contributed by atoms with E-state index in [9.17, 15) is 8.42 Å². The van der Waals surface area contributed by atoms with Gasteiger partial charge in [-0.15, -0.1) is 0 Å². The van der Waals surface area contributed by atoms with E-state index in [1.807, 2.05) is 25.4 Å². The molecule has 1 aliphatic rings. The van der Waals surface area contributed by atoms with Crippen molar-refractivity contribution >= 4 is 20.9 Å². The third-order valence-corrected chi connectivity index (χ3v) is 8.36. The van der Waals surface area contributed by atoms with Crippen LogP contribution in [-0.4, -0.2) is 40.1 Å². The van der Waals surface area contributed by atoms with Crippen LogP contribution >= 0.6 is 0 Å². The number of fused-ring (bicyclic) bond motifs is 1. The van der Waals surface area contributed by atoms with Crippen molar-refractivity contribution in [2.24, 2.45) is 5.92 Å². The number of piperidine rings is 1. The third-order valence-electron chi connectivity index (χ3n) is 6.33. The summed E-state index contributed by atoms with van der Waals surface area (Å²) in [5.74, 6) is 0.446. The largest absolute Gasteiger partial charge is 0.347 e. The third kappa shape index (κ3) is 3.79. The predicted octanol–water partition coefficient (Wildman–Crippen LogP) is 4.52. The van der Waals surface area contributed by atoms with Crippen LogP contribution in [0.1, 0.15) is 19.8 Å². The summed E-state index contributed by atoms with van der Waals surface area (Å²) in [6.07, 6.45) is 7.59. The molecule has 7 heteroatoms. The fourth-order valence-electron chi connectivity index (χ4n) is 4.72. The zero-order valence-electron chi connectivity index (χ0n) is 17.5. The number of nitrogens with zero attached hydrogens (tertiary/aromatic N) is 3. The van der Waals surface area contributed by atoms with Gasteiger partial charge in [0.1, 0.15) is 0 Å². The van der Waals surface area contributed by atoms with Crippen molar-refractivity contribution in [1.82, 2.24) is 19.1 Å².